The minimum absolute atomic E-state index is 0.0344. The Hall–Kier alpha value is -1.30. The molecule has 0 radical (unpaired) electrons. The summed E-state index contributed by atoms with van der Waals surface area (Å²) < 4.78 is 16.6. The Kier molecular flexibility index (Phi) is 5.45. The zero-order valence-corrected chi connectivity index (χ0v) is 13.3. The Morgan fingerprint density at radius 2 is 2.05 bits per heavy atom. The van der Waals surface area contributed by atoms with E-state index in [2.05, 4.69) is 11.8 Å². The topological polar surface area (TPSA) is 57.0 Å². The van der Waals surface area contributed by atoms with Crippen LogP contribution < -0.4 is 15.2 Å². The fraction of sp³-hybridized carbons (Fsp3) is 0.625. The van der Waals surface area contributed by atoms with Crippen LogP contribution in [0.5, 0.6) is 11.5 Å². The Balaban J connectivity index is 2.20. The van der Waals surface area contributed by atoms with Crippen molar-refractivity contribution >= 4 is 0 Å². The molecule has 5 nitrogen and oxygen atoms in total. The molecule has 1 aliphatic rings. The van der Waals surface area contributed by atoms with E-state index in [1.807, 2.05) is 25.1 Å². The molecule has 0 spiro atoms. The molecule has 0 saturated carbocycles. The van der Waals surface area contributed by atoms with Gasteiger partial charge in [-0.3, -0.25) is 4.90 Å². The first-order valence-corrected chi connectivity index (χ1v) is 7.40. The van der Waals surface area contributed by atoms with Crippen LogP contribution in [0.25, 0.3) is 0 Å². The van der Waals surface area contributed by atoms with Gasteiger partial charge in [-0.05, 0) is 32.0 Å². The van der Waals surface area contributed by atoms with Crippen LogP contribution >= 0.6 is 0 Å². The number of benzene rings is 1. The van der Waals surface area contributed by atoms with Crippen LogP contribution in [0.4, 0.5) is 0 Å². The van der Waals surface area contributed by atoms with Gasteiger partial charge in [0.15, 0.2) is 0 Å². The lowest BCUT2D eigenvalue weighted by molar-refractivity contribution is -0.0500. The third kappa shape index (κ3) is 3.67. The molecule has 0 aromatic heterocycles. The fourth-order valence-corrected chi connectivity index (χ4v) is 2.73. The molecule has 118 valence electrons. The maximum atomic E-state index is 5.97. The summed E-state index contributed by atoms with van der Waals surface area (Å²) in [4.78, 5) is 2.38. The number of rotatable bonds is 5. The molecule has 1 aliphatic heterocycles. The summed E-state index contributed by atoms with van der Waals surface area (Å²) in [6, 6.07) is 6.17. The number of nitrogens with zero attached hydrogens (tertiary/aromatic N) is 1. The zero-order chi connectivity index (χ0) is 15.4. The number of hydrogen-bond acceptors (Lipinski definition) is 5. The van der Waals surface area contributed by atoms with Crippen molar-refractivity contribution in [1.29, 1.82) is 0 Å². The second kappa shape index (κ2) is 7.11. The largest absolute Gasteiger partial charge is 0.497 e. The van der Waals surface area contributed by atoms with Gasteiger partial charge in [-0.25, -0.2) is 0 Å². The molecule has 3 unspecified atom stereocenters. The van der Waals surface area contributed by atoms with Crippen LogP contribution in [-0.4, -0.2) is 51.0 Å². The van der Waals surface area contributed by atoms with E-state index < -0.39 is 0 Å². The van der Waals surface area contributed by atoms with E-state index in [9.17, 15) is 0 Å². The molecule has 0 amide bonds. The average molecular weight is 294 g/mol. The fourth-order valence-electron chi connectivity index (χ4n) is 2.73. The first kappa shape index (κ1) is 16.1. The van der Waals surface area contributed by atoms with Gasteiger partial charge in [-0.15, -0.1) is 0 Å². The minimum atomic E-state index is 0.0344. The molecular weight excluding hydrogens is 268 g/mol. The summed E-state index contributed by atoms with van der Waals surface area (Å²) in [7, 11) is 3.37. The van der Waals surface area contributed by atoms with E-state index >= 15 is 0 Å². The second-order valence-corrected chi connectivity index (χ2v) is 5.55. The molecule has 1 aromatic carbocycles. The van der Waals surface area contributed by atoms with Crippen molar-refractivity contribution in [2.75, 3.05) is 33.9 Å². The molecule has 1 fully saturated rings. The van der Waals surface area contributed by atoms with E-state index in [0.29, 0.717) is 6.61 Å². The number of methoxy groups -OCH3 is 2. The van der Waals surface area contributed by atoms with Gasteiger partial charge in [0.05, 0.1) is 26.9 Å². The molecule has 2 rings (SSSR count). The molecular formula is C16H26N2O3. The van der Waals surface area contributed by atoms with E-state index in [1.165, 1.54) is 0 Å². The SMILES string of the molecule is COc1ccc(OC)c(C(C)N2CCOC(C(C)N)C2)c1. The molecule has 2 N–H and O–H groups in total. The highest BCUT2D eigenvalue weighted by molar-refractivity contribution is 5.42. The average Bonchev–Trinajstić information content (AvgIpc) is 2.53. The number of nitrogens with two attached hydrogens (primary N) is 1. The maximum absolute atomic E-state index is 5.97. The van der Waals surface area contributed by atoms with Crippen molar-refractivity contribution < 1.29 is 14.2 Å². The van der Waals surface area contributed by atoms with Crippen LogP contribution in [-0.2, 0) is 4.74 Å². The monoisotopic (exact) mass is 294 g/mol. The zero-order valence-electron chi connectivity index (χ0n) is 13.3. The summed E-state index contributed by atoms with van der Waals surface area (Å²) in [5.41, 5.74) is 7.10. The molecule has 0 bridgehead atoms. The summed E-state index contributed by atoms with van der Waals surface area (Å²) >= 11 is 0. The van der Waals surface area contributed by atoms with E-state index in [0.717, 1.165) is 30.2 Å². The highest BCUT2D eigenvalue weighted by Gasteiger charge is 2.28. The van der Waals surface area contributed by atoms with Gasteiger partial charge in [0.2, 0.25) is 0 Å². The number of morpholine rings is 1. The van der Waals surface area contributed by atoms with E-state index in [4.69, 9.17) is 19.9 Å². The standard InChI is InChI=1S/C16H26N2O3/c1-11(17)16-10-18(7-8-21-16)12(2)14-9-13(19-3)5-6-15(14)20-4/h5-6,9,11-12,16H,7-8,10,17H2,1-4H3. The van der Waals surface area contributed by atoms with Crippen molar-refractivity contribution in [3.8, 4) is 11.5 Å². The Morgan fingerprint density at radius 3 is 2.67 bits per heavy atom. The molecule has 1 aromatic rings. The highest BCUT2D eigenvalue weighted by atomic mass is 16.5. The van der Waals surface area contributed by atoms with Crippen molar-refractivity contribution in [3.05, 3.63) is 23.8 Å². The third-order valence-electron chi connectivity index (χ3n) is 4.15. The van der Waals surface area contributed by atoms with E-state index in [1.54, 1.807) is 14.2 Å². The highest BCUT2D eigenvalue weighted by Crippen LogP contribution is 2.33. The molecule has 3 atom stereocenters. The Bertz CT molecular complexity index is 465. The van der Waals surface area contributed by atoms with E-state index in [-0.39, 0.29) is 18.2 Å². The van der Waals surface area contributed by atoms with Crippen LogP contribution in [0.15, 0.2) is 18.2 Å². The smallest absolute Gasteiger partial charge is 0.123 e. The first-order chi connectivity index (χ1) is 10.1. The quantitative estimate of drug-likeness (QED) is 0.897. The lowest BCUT2D eigenvalue weighted by Crippen LogP contribution is -2.50. The molecule has 1 heterocycles. The first-order valence-electron chi connectivity index (χ1n) is 7.40. The van der Waals surface area contributed by atoms with Gasteiger partial charge in [0.25, 0.3) is 0 Å². The van der Waals surface area contributed by atoms with Crippen molar-refractivity contribution in [1.82, 2.24) is 4.90 Å². The Labute approximate surface area is 127 Å². The number of ether oxygens (including phenoxy) is 3. The third-order valence-corrected chi connectivity index (χ3v) is 4.15. The van der Waals surface area contributed by atoms with Gasteiger partial charge in [-0.1, -0.05) is 0 Å². The summed E-state index contributed by atoms with van der Waals surface area (Å²) in [6.07, 6.45) is 0.0813. The van der Waals surface area contributed by atoms with Crippen LogP contribution in [0, 0.1) is 0 Å². The lowest BCUT2D eigenvalue weighted by Gasteiger charge is -2.38. The summed E-state index contributed by atoms with van der Waals surface area (Å²) in [5, 5.41) is 0. The van der Waals surface area contributed by atoms with Crippen LogP contribution in [0.1, 0.15) is 25.5 Å². The second-order valence-electron chi connectivity index (χ2n) is 5.55. The molecule has 21 heavy (non-hydrogen) atoms. The van der Waals surface area contributed by atoms with Gasteiger partial charge in [0, 0.05) is 30.7 Å². The van der Waals surface area contributed by atoms with Crippen LogP contribution in [0.2, 0.25) is 0 Å². The lowest BCUT2D eigenvalue weighted by atomic mass is 10.0. The van der Waals surface area contributed by atoms with Gasteiger partial charge in [0.1, 0.15) is 11.5 Å². The molecule has 1 saturated heterocycles. The Morgan fingerprint density at radius 1 is 1.29 bits per heavy atom. The number of hydrogen-bond donors (Lipinski definition) is 1. The molecule has 5 heteroatoms. The molecule has 0 aliphatic carbocycles. The van der Waals surface area contributed by atoms with Gasteiger partial charge < -0.3 is 19.9 Å². The van der Waals surface area contributed by atoms with Crippen molar-refractivity contribution in [2.45, 2.75) is 32.0 Å². The maximum Gasteiger partial charge on any atom is 0.123 e. The minimum Gasteiger partial charge on any atom is -0.497 e. The van der Waals surface area contributed by atoms with Crippen molar-refractivity contribution in [2.24, 2.45) is 5.73 Å². The van der Waals surface area contributed by atoms with Gasteiger partial charge >= 0.3 is 0 Å². The van der Waals surface area contributed by atoms with Crippen molar-refractivity contribution in [3.63, 3.8) is 0 Å². The van der Waals surface area contributed by atoms with Gasteiger partial charge in [-0.2, -0.15) is 0 Å². The normalized spacial score (nSPS) is 22.6. The predicted octanol–water partition coefficient (Wildman–Crippen LogP) is 1.81. The summed E-state index contributed by atoms with van der Waals surface area (Å²) in [5.74, 6) is 1.72. The summed E-state index contributed by atoms with van der Waals surface area (Å²) in [6.45, 7) is 6.61. The van der Waals surface area contributed by atoms with Crippen LogP contribution in [0.3, 0.4) is 0 Å². The predicted molar refractivity (Wildman–Crippen MR) is 82.9 cm³/mol.